The van der Waals surface area contributed by atoms with Crippen LogP contribution in [0.5, 0.6) is 0 Å². The number of aryl methyl sites for hydroxylation is 1. The van der Waals surface area contributed by atoms with E-state index in [2.05, 4.69) is 9.97 Å². The molecule has 2 aromatic rings. The number of rotatable bonds is 2. The molecule has 9 heteroatoms. The van der Waals surface area contributed by atoms with E-state index in [-0.39, 0.29) is 11.1 Å². The fourth-order valence-corrected chi connectivity index (χ4v) is 5.43. The molecule has 1 saturated carbocycles. The lowest BCUT2D eigenvalue weighted by atomic mass is 9.66. The minimum Gasteiger partial charge on any atom is -0.348 e. The van der Waals surface area contributed by atoms with Crippen molar-refractivity contribution in [3.63, 3.8) is 0 Å². The van der Waals surface area contributed by atoms with Crippen LogP contribution in [-0.4, -0.2) is 49.5 Å². The average Bonchev–Trinajstić information content (AvgIpc) is 3.20. The number of carbonyl (C=O) groups is 1. The van der Waals surface area contributed by atoms with Gasteiger partial charge < -0.3 is 14.4 Å². The third-order valence-electron chi connectivity index (χ3n) is 6.63. The molecule has 1 aromatic heterocycles. The predicted molar refractivity (Wildman–Crippen MR) is 112 cm³/mol. The number of aromatic nitrogens is 2. The molecule has 1 aliphatic carbocycles. The normalized spacial score (nSPS) is 22.1. The number of benzene rings is 1. The first kappa shape index (κ1) is 20.5. The van der Waals surface area contributed by atoms with Crippen LogP contribution >= 0.6 is 0 Å². The van der Waals surface area contributed by atoms with E-state index < -0.39 is 21.0 Å². The maximum Gasteiger partial charge on any atom is 0.247 e. The number of sulfone groups is 1. The van der Waals surface area contributed by atoms with Gasteiger partial charge in [0.05, 0.1) is 30.9 Å². The Morgan fingerprint density at radius 3 is 2.29 bits per heavy atom. The summed E-state index contributed by atoms with van der Waals surface area (Å²) in [4.78, 5) is 24.2. The number of anilines is 1. The van der Waals surface area contributed by atoms with Crippen molar-refractivity contribution in [2.75, 3.05) is 24.4 Å². The van der Waals surface area contributed by atoms with E-state index in [1.54, 1.807) is 11.1 Å². The van der Waals surface area contributed by atoms with Crippen molar-refractivity contribution in [1.82, 2.24) is 9.97 Å². The Kier molecular flexibility index (Phi) is 4.69. The topological polar surface area (TPSA) is 98.7 Å². The SMILES string of the molecule is Cc1ccc(N2Cc3cnc(S(C)(=O)=O)nc3C3(CCC4(CC3)OCCO4)C2=O)cc1. The Balaban J connectivity index is 1.61. The average molecular weight is 444 g/mol. The van der Waals surface area contributed by atoms with E-state index in [0.717, 1.165) is 23.1 Å². The number of ether oxygens (including phenoxy) is 2. The largest absolute Gasteiger partial charge is 0.348 e. The Morgan fingerprint density at radius 1 is 1.03 bits per heavy atom. The van der Waals surface area contributed by atoms with Gasteiger partial charge >= 0.3 is 0 Å². The summed E-state index contributed by atoms with van der Waals surface area (Å²) in [5.74, 6) is -0.709. The Hall–Kier alpha value is -2.36. The van der Waals surface area contributed by atoms with E-state index in [1.165, 1.54) is 0 Å². The molecule has 2 spiro atoms. The quantitative estimate of drug-likeness (QED) is 0.657. The molecule has 0 radical (unpaired) electrons. The number of fused-ring (bicyclic) bond motifs is 2. The summed E-state index contributed by atoms with van der Waals surface area (Å²) in [6, 6.07) is 7.82. The van der Waals surface area contributed by atoms with Crippen molar-refractivity contribution in [2.24, 2.45) is 0 Å². The highest BCUT2D eigenvalue weighted by Gasteiger charge is 2.55. The van der Waals surface area contributed by atoms with Gasteiger partial charge in [0.15, 0.2) is 5.79 Å². The summed E-state index contributed by atoms with van der Waals surface area (Å²) >= 11 is 0. The molecule has 3 heterocycles. The molecule has 2 fully saturated rings. The highest BCUT2D eigenvalue weighted by Crippen LogP contribution is 2.50. The smallest absolute Gasteiger partial charge is 0.247 e. The van der Waals surface area contributed by atoms with Gasteiger partial charge in [-0.05, 0) is 31.9 Å². The van der Waals surface area contributed by atoms with Crippen molar-refractivity contribution in [2.45, 2.75) is 55.5 Å². The van der Waals surface area contributed by atoms with E-state index >= 15 is 0 Å². The molecule has 164 valence electrons. The van der Waals surface area contributed by atoms with Crippen molar-refractivity contribution >= 4 is 21.4 Å². The maximum absolute atomic E-state index is 13.9. The Morgan fingerprint density at radius 2 is 1.68 bits per heavy atom. The van der Waals surface area contributed by atoms with E-state index in [9.17, 15) is 13.2 Å². The molecule has 0 N–H and O–H groups in total. The lowest BCUT2D eigenvalue weighted by molar-refractivity contribution is -0.186. The molecule has 1 aromatic carbocycles. The second kappa shape index (κ2) is 7.08. The highest BCUT2D eigenvalue weighted by atomic mass is 32.2. The van der Waals surface area contributed by atoms with Crippen molar-refractivity contribution < 1.29 is 22.7 Å². The van der Waals surface area contributed by atoms with Gasteiger partial charge in [0, 0.05) is 36.5 Å². The van der Waals surface area contributed by atoms with Crippen LogP contribution in [-0.2, 0) is 36.1 Å². The number of amides is 1. The van der Waals surface area contributed by atoms with Gasteiger partial charge in [-0.3, -0.25) is 4.79 Å². The predicted octanol–water partition coefficient (Wildman–Crippen LogP) is 2.29. The summed E-state index contributed by atoms with van der Waals surface area (Å²) in [6.07, 6.45) is 4.70. The molecule has 1 amide bonds. The van der Waals surface area contributed by atoms with Crippen LogP contribution in [0.3, 0.4) is 0 Å². The molecule has 1 saturated heterocycles. The zero-order valence-corrected chi connectivity index (χ0v) is 18.4. The summed E-state index contributed by atoms with van der Waals surface area (Å²) < 4.78 is 36.0. The molecule has 0 unspecified atom stereocenters. The minimum atomic E-state index is -3.60. The number of nitrogens with zero attached hydrogens (tertiary/aromatic N) is 3. The van der Waals surface area contributed by atoms with Crippen molar-refractivity contribution in [3.05, 3.63) is 47.3 Å². The van der Waals surface area contributed by atoms with Crippen molar-refractivity contribution in [1.29, 1.82) is 0 Å². The Labute approximate surface area is 181 Å². The van der Waals surface area contributed by atoms with Crippen LogP contribution in [0.1, 0.15) is 42.5 Å². The standard InChI is InChI=1S/C22H25N3O5S/c1-15-3-5-17(6-4-15)25-14-16-13-23-20(31(2,27)28)24-18(16)21(19(25)26)7-9-22(10-8-21)29-11-12-30-22/h3-6,13H,7-12,14H2,1-2H3. The fraction of sp³-hybridized carbons (Fsp3) is 0.500. The molecule has 5 rings (SSSR count). The van der Waals surface area contributed by atoms with Crippen LogP contribution in [0.25, 0.3) is 0 Å². The molecular formula is C22H25N3O5S. The summed E-state index contributed by atoms with van der Waals surface area (Å²) in [6.45, 7) is 3.41. The van der Waals surface area contributed by atoms with Crippen molar-refractivity contribution in [3.8, 4) is 0 Å². The van der Waals surface area contributed by atoms with Crippen LogP contribution in [0.2, 0.25) is 0 Å². The summed E-state index contributed by atoms with van der Waals surface area (Å²) in [5.41, 5.74) is 2.29. The second-order valence-electron chi connectivity index (χ2n) is 8.72. The van der Waals surface area contributed by atoms with Crippen LogP contribution in [0.15, 0.2) is 35.6 Å². The molecule has 2 aliphatic heterocycles. The Bertz CT molecular complexity index is 1130. The van der Waals surface area contributed by atoms with Gasteiger partial charge in [-0.1, -0.05) is 17.7 Å². The van der Waals surface area contributed by atoms with Gasteiger partial charge in [0.25, 0.3) is 0 Å². The lowest BCUT2D eigenvalue weighted by Crippen LogP contribution is -2.55. The highest BCUT2D eigenvalue weighted by molar-refractivity contribution is 7.90. The second-order valence-corrected chi connectivity index (χ2v) is 10.6. The van der Waals surface area contributed by atoms with Gasteiger partial charge in [-0.2, -0.15) is 0 Å². The summed E-state index contributed by atoms with van der Waals surface area (Å²) in [5, 5.41) is -0.240. The molecule has 0 bridgehead atoms. The van der Waals surface area contributed by atoms with Crippen LogP contribution in [0.4, 0.5) is 5.69 Å². The molecule has 0 atom stereocenters. The molecule has 3 aliphatic rings. The van der Waals surface area contributed by atoms with Gasteiger partial charge in [-0.25, -0.2) is 18.4 Å². The van der Waals surface area contributed by atoms with E-state index in [1.807, 2.05) is 31.2 Å². The minimum absolute atomic E-state index is 0.0603. The van der Waals surface area contributed by atoms with Gasteiger partial charge in [0.1, 0.15) is 0 Å². The first-order valence-electron chi connectivity index (χ1n) is 10.5. The van der Waals surface area contributed by atoms with E-state index in [4.69, 9.17) is 9.47 Å². The first-order valence-corrected chi connectivity index (χ1v) is 12.3. The zero-order chi connectivity index (χ0) is 21.9. The van der Waals surface area contributed by atoms with Gasteiger partial charge in [-0.15, -0.1) is 0 Å². The van der Waals surface area contributed by atoms with Crippen LogP contribution < -0.4 is 4.90 Å². The number of hydrogen-bond acceptors (Lipinski definition) is 7. The third-order valence-corrected chi connectivity index (χ3v) is 7.49. The van der Waals surface area contributed by atoms with E-state index in [0.29, 0.717) is 51.1 Å². The molecular weight excluding hydrogens is 418 g/mol. The zero-order valence-electron chi connectivity index (χ0n) is 17.6. The maximum atomic E-state index is 13.9. The monoisotopic (exact) mass is 443 g/mol. The van der Waals surface area contributed by atoms with Gasteiger partial charge in [0.2, 0.25) is 20.9 Å². The van der Waals surface area contributed by atoms with Crippen LogP contribution in [0, 0.1) is 6.92 Å². The number of carbonyl (C=O) groups excluding carboxylic acids is 1. The fourth-order valence-electron chi connectivity index (χ4n) is 4.93. The summed E-state index contributed by atoms with van der Waals surface area (Å²) in [7, 11) is -3.60. The molecule has 8 nitrogen and oxygen atoms in total. The first-order chi connectivity index (χ1) is 14.7. The third kappa shape index (κ3) is 3.35. The number of hydrogen-bond donors (Lipinski definition) is 0. The lowest BCUT2D eigenvalue weighted by Gasteiger charge is -2.47. The molecule has 31 heavy (non-hydrogen) atoms.